The molecule has 0 aromatic heterocycles. The second-order valence-electron chi connectivity index (χ2n) is 9.18. The lowest BCUT2D eigenvalue weighted by Gasteiger charge is -2.26. The molecule has 2 rings (SSSR count). The molecule has 0 spiro atoms. The molecule has 0 heterocycles. The standard InChI is InChI=1S/C22H37NO6/c1-22(2,3)29-21(26)23-18(20(25)28-17-12-8-5-9-13-17)14-15-19(24)27-16-10-6-4-7-11-16/h16-18H,4-15H2,1-3H3,(H,23,26). The second kappa shape index (κ2) is 11.4. The molecule has 1 amide bonds. The SMILES string of the molecule is CC(C)(C)OC(=O)NC(CCC(=O)OC1CCCCC1)C(=O)OC1CCCCC1. The number of nitrogens with one attached hydrogen (secondary N) is 1. The predicted octanol–water partition coefficient (Wildman–Crippen LogP) is 4.41. The predicted molar refractivity (Wildman–Crippen MR) is 108 cm³/mol. The number of carbonyl (C=O) groups excluding carboxylic acids is 3. The van der Waals surface area contributed by atoms with Gasteiger partial charge in [0.05, 0.1) is 0 Å². The first-order valence-corrected chi connectivity index (χ1v) is 11.1. The zero-order chi connectivity index (χ0) is 21.3. The van der Waals surface area contributed by atoms with Gasteiger partial charge in [-0.05, 0) is 78.6 Å². The van der Waals surface area contributed by atoms with Gasteiger partial charge >= 0.3 is 18.0 Å². The fraction of sp³-hybridized carbons (Fsp3) is 0.864. The van der Waals surface area contributed by atoms with Crippen LogP contribution in [0.1, 0.15) is 97.8 Å². The normalized spacial score (nSPS) is 19.8. The maximum Gasteiger partial charge on any atom is 0.408 e. The Bertz CT molecular complexity index is 544. The van der Waals surface area contributed by atoms with Crippen molar-refractivity contribution in [1.29, 1.82) is 0 Å². The quantitative estimate of drug-likeness (QED) is 0.493. The molecule has 2 saturated carbocycles. The van der Waals surface area contributed by atoms with E-state index in [9.17, 15) is 14.4 Å². The van der Waals surface area contributed by atoms with Crippen molar-refractivity contribution in [1.82, 2.24) is 5.32 Å². The second-order valence-corrected chi connectivity index (χ2v) is 9.18. The van der Waals surface area contributed by atoms with Gasteiger partial charge in [0.25, 0.3) is 0 Å². The number of rotatable bonds is 7. The van der Waals surface area contributed by atoms with E-state index in [1.165, 1.54) is 6.42 Å². The van der Waals surface area contributed by atoms with Crippen molar-refractivity contribution in [2.75, 3.05) is 0 Å². The first kappa shape index (κ1) is 23.5. The van der Waals surface area contributed by atoms with E-state index in [0.717, 1.165) is 57.8 Å². The van der Waals surface area contributed by atoms with Crippen LogP contribution < -0.4 is 5.32 Å². The van der Waals surface area contributed by atoms with Crippen LogP contribution in [0.2, 0.25) is 0 Å². The first-order chi connectivity index (χ1) is 13.7. The number of carbonyl (C=O) groups is 3. The van der Waals surface area contributed by atoms with Crippen LogP contribution >= 0.6 is 0 Å². The number of alkyl carbamates (subject to hydrolysis) is 1. The summed E-state index contributed by atoms with van der Waals surface area (Å²) in [4.78, 5) is 37.1. The number of esters is 2. The van der Waals surface area contributed by atoms with Gasteiger partial charge < -0.3 is 19.5 Å². The first-order valence-electron chi connectivity index (χ1n) is 11.1. The summed E-state index contributed by atoms with van der Waals surface area (Å²) >= 11 is 0. The van der Waals surface area contributed by atoms with Gasteiger partial charge in [-0.15, -0.1) is 0 Å². The fourth-order valence-corrected chi connectivity index (χ4v) is 3.82. The van der Waals surface area contributed by atoms with E-state index in [-0.39, 0.29) is 31.0 Å². The smallest absolute Gasteiger partial charge is 0.408 e. The van der Waals surface area contributed by atoms with Crippen LogP contribution in [0.3, 0.4) is 0 Å². The summed E-state index contributed by atoms with van der Waals surface area (Å²) < 4.78 is 16.4. The minimum absolute atomic E-state index is 0.0253. The van der Waals surface area contributed by atoms with Crippen LogP contribution in [0.25, 0.3) is 0 Å². The Kier molecular flexibility index (Phi) is 9.24. The molecule has 0 aliphatic heterocycles. The van der Waals surface area contributed by atoms with Crippen molar-refractivity contribution >= 4 is 18.0 Å². The molecular weight excluding hydrogens is 374 g/mol. The van der Waals surface area contributed by atoms with Crippen LogP contribution in [0.4, 0.5) is 4.79 Å². The van der Waals surface area contributed by atoms with Crippen LogP contribution in [-0.2, 0) is 23.8 Å². The number of hydrogen-bond donors (Lipinski definition) is 1. The minimum Gasteiger partial charge on any atom is -0.462 e. The molecular formula is C22H37NO6. The zero-order valence-corrected chi connectivity index (χ0v) is 18.2. The average Bonchev–Trinajstić information content (AvgIpc) is 2.65. The maximum absolute atomic E-state index is 12.7. The van der Waals surface area contributed by atoms with Gasteiger partial charge in [-0.25, -0.2) is 9.59 Å². The minimum atomic E-state index is -0.925. The molecule has 1 unspecified atom stereocenters. The molecule has 0 radical (unpaired) electrons. The Morgan fingerprint density at radius 2 is 1.38 bits per heavy atom. The molecule has 0 saturated heterocycles. The van der Waals surface area contributed by atoms with Crippen molar-refractivity contribution in [2.45, 2.75) is 122 Å². The molecule has 2 aliphatic rings. The summed E-state index contributed by atoms with van der Waals surface area (Å²) in [6, 6.07) is -0.925. The summed E-state index contributed by atoms with van der Waals surface area (Å²) in [6.45, 7) is 5.26. The van der Waals surface area contributed by atoms with Gasteiger partial charge in [-0.3, -0.25) is 4.79 Å². The number of amides is 1. The summed E-state index contributed by atoms with van der Waals surface area (Å²) in [7, 11) is 0. The molecule has 1 N–H and O–H groups in total. The molecule has 0 bridgehead atoms. The number of hydrogen-bond acceptors (Lipinski definition) is 6. The summed E-state index contributed by atoms with van der Waals surface area (Å²) in [6.07, 6.45) is 9.40. The van der Waals surface area contributed by atoms with E-state index in [1.807, 2.05) is 0 Å². The van der Waals surface area contributed by atoms with Gasteiger partial charge in [-0.1, -0.05) is 12.8 Å². The Morgan fingerprint density at radius 1 is 0.862 bits per heavy atom. The van der Waals surface area contributed by atoms with Gasteiger partial charge in [-0.2, -0.15) is 0 Å². The monoisotopic (exact) mass is 411 g/mol. The van der Waals surface area contributed by atoms with E-state index < -0.39 is 23.7 Å². The van der Waals surface area contributed by atoms with E-state index in [2.05, 4.69) is 5.32 Å². The maximum atomic E-state index is 12.7. The lowest BCUT2D eigenvalue weighted by atomic mass is 9.97. The van der Waals surface area contributed by atoms with Crippen molar-refractivity contribution in [3.8, 4) is 0 Å². The lowest BCUT2D eigenvalue weighted by Crippen LogP contribution is -2.45. The van der Waals surface area contributed by atoms with E-state index >= 15 is 0 Å². The van der Waals surface area contributed by atoms with Gasteiger partial charge in [0, 0.05) is 6.42 Å². The summed E-state index contributed by atoms with van der Waals surface area (Å²) in [5, 5.41) is 2.58. The average molecular weight is 412 g/mol. The van der Waals surface area contributed by atoms with E-state index in [0.29, 0.717) is 0 Å². The highest BCUT2D eigenvalue weighted by Crippen LogP contribution is 2.22. The highest BCUT2D eigenvalue weighted by atomic mass is 16.6. The number of ether oxygens (including phenoxy) is 3. The van der Waals surface area contributed by atoms with Gasteiger partial charge in [0.15, 0.2) is 0 Å². The Labute approximate surface area is 174 Å². The molecule has 1 atom stereocenters. The Balaban J connectivity index is 1.88. The Hall–Kier alpha value is -1.79. The van der Waals surface area contributed by atoms with Crippen molar-refractivity contribution < 1.29 is 28.6 Å². The topological polar surface area (TPSA) is 90.9 Å². The molecule has 7 nitrogen and oxygen atoms in total. The van der Waals surface area contributed by atoms with E-state index in [1.54, 1.807) is 20.8 Å². The zero-order valence-electron chi connectivity index (χ0n) is 18.2. The van der Waals surface area contributed by atoms with Gasteiger partial charge in [0.2, 0.25) is 0 Å². The highest BCUT2D eigenvalue weighted by molar-refractivity contribution is 5.82. The molecule has 2 fully saturated rings. The molecule has 7 heteroatoms. The molecule has 2 aliphatic carbocycles. The molecule has 0 aromatic rings. The van der Waals surface area contributed by atoms with Crippen LogP contribution in [0.5, 0.6) is 0 Å². The van der Waals surface area contributed by atoms with Crippen LogP contribution in [-0.4, -0.2) is 41.9 Å². The van der Waals surface area contributed by atoms with Crippen LogP contribution in [0, 0.1) is 0 Å². The highest BCUT2D eigenvalue weighted by Gasteiger charge is 2.29. The van der Waals surface area contributed by atoms with E-state index in [4.69, 9.17) is 14.2 Å². The van der Waals surface area contributed by atoms with Crippen molar-refractivity contribution in [3.05, 3.63) is 0 Å². The fourth-order valence-electron chi connectivity index (χ4n) is 3.82. The third kappa shape index (κ3) is 9.50. The largest absolute Gasteiger partial charge is 0.462 e. The summed E-state index contributed by atoms with van der Waals surface area (Å²) in [5.74, 6) is -0.841. The molecule has 29 heavy (non-hydrogen) atoms. The third-order valence-electron chi connectivity index (χ3n) is 5.30. The Morgan fingerprint density at radius 3 is 1.90 bits per heavy atom. The molecule has 166 valence electrons. The van der Waals surface area contributed by atoms with Crippen molar-refractivity contribution in [3.63, 3.8) is 0 Å². The van der Waals surface area contributed by atoms with Gasteiger partial charge in [0.1, 0.15) is 23.9 Å². The van der Waals surface area contributed by atoms with Crippen molar-refractivity contribution in [2.24, 2.45) is 0 Å². The third-order valence-corrected chi connectivity index (χ3v) is 5.30. The summed E-state index contributed by atoms with van der Waals surface area (Å²) in [5.41, 5.74) is -0.679. The lowest BCUT2D eigenvalue weighted by molar-refractivity contribution is -0.154. The van der Waals surface area contributed by atoms with Crippen LogP contribution in [0.15, 0.2) is 0 Å². The molecule has 0 aromatic carbocycles.